The molecule has 0 saturated carbocycles. The maximum absolute atomic E-state index is 12.7. The fourth-order valence-electron chi connectivity index (χ4n) is 5.43. The Morgan fingerprint density at radius 3 is 2.05 bits per heavy atom. The summed E-state index contributed by atoms with van der Waals surface area (Å²) in [5.41, 5.74) is 3.55. The van der Waals surface area contributed by atoms with E-state index in [1.54, 1.807) is 35.4 Å². The van der Waals surface area contributed by atoms with Gasteiger partial charge in [-0.2, -0.15) is 0 Å². The number of nitrogens with zero attached hydrogens (tertiary/aromatic N) is 1. The van der Waals surface area contributed by atoms with Gasteiger partial charge in [0.1, 0.15) is 6.04 Å². The zero-order valence-corrected chi connectivity index (χ0v) is 25.5. The fraction of sp³-hybridized carbons (Fsp3) is 0.562. The Kier molecular flexibility index (Phi) is 12.1. The quantitative estimate of drug-likeness (QED) is 0.157. The van der Waals surface area contributed by atoms with Gasteiger partial charge in [-0.25, -0.2) is 0 Å². The van der Waals surface area contributed by atoms with E-state index in [1.807, 2.05) is 12.1 Å². The van der Waals surface area contributed by atoms with Crippen LogP contribution in [0.5, 0.6) is 23.0 Å². The number of methoxy groups -OCH3 is 4. The maximum atomic E-state index is 12.7. The van der Waals surface area contributed by atoms with E-state index in [2.05, 4.69) is 25.2 Å². The van der Waals surface area contributed by atoms with Crippen molar-refractivity contribution < 1.29 is 42.5 Å². The second kappa shape index (κ2) is 15.5. The van der Waals surface area contributed by atoms with Gasteiger partial charge in [0.15, 0.2) is 23.0 Å². The molecule has 0 aliphatic carbocycles. The minimum absolute atomic E-state index is 0.0790. The van der Waals surface area contributed by atoms with Gasteiger partial charge in [0.05, 0.1) is 68.2 Å². The molecule has 2 aromatic rings. The zero-order valence-electron chi connectivity index (χ0n) is 25.5. The molecule has 0 N–H and O–H groups in total. The summed E-state index contributed by atoms with van der Waals surface area (Å²) in [5.74, 6) is 2.42. The van der Waals surface area contributed by atoms with Gasteiger partial charge in [-0.3, -0.25) is 9.59 Å². The molecule has 1 heterocycles. The number of rotatable bonds is 16. The van der Waals surface area contributed by atoms with Gasteiger partial charge in [-0.15, -0.1) is 0 Å². The highest BCUT2D eigenvalue weighted by Gasteiger charge is 2.40. The Hall–Kier alpha value is -3.46. The molecule has 226 valence electrons. The Morgan fingerprint density at radius 1 is 0.805 bits per heavy atom. The number of benzene rings is 2. The first-order chi connectivity index (χ1) is 19.8. The minimum Gasteiger partial charge on any atom is -0.493 e. The molecule has 0 bridgehead atoms. The molecular weight excluding hydrogens is 526 g/mol. The van der Waals surface area contributed by atoms with Crippen LogP contribution in [-0.2, 0) is 31.9 Å². The molecule has 0 fully saturated rings. The Bertz CT molecular complexity index is 1170. The first kappa shape index (κ1) is 32.1. The first-order valence-corrected chi connectivity index (χ1v) is 14.4. The van der Waals surface area contributed by atoms with Crippen molar-refractivity contribution >= 4 is 11.9 Å². The van der Waals surface area contributed by atoms with E-state index in [4.69, 9.17) is 28.4 Å². The number of unbranched alkanes of at least 4 members (excludes halogenated alkanes) is 2. The summed E-state index contributed by atoms with van der Waals surface area (Å²) in [5, 5.41) is 0. The predicted molar refractivity (Wildman–Crippen MR) is 156 cm³/mol. The van der Waals surface area contributed by atoms with E-state index in [-0.39, 0.29) is 18.0 Å². The molecule has 9 nitrogen and oxygen atoms in total. The molecule has 2 atom stereocenters. The minimum atomic E-state index is -0.190. The normalized spacial score (nSPS) is 17.8. The SMILES string of the molecule is CCC(=O)OCCCCCOC(=O)CC[N@@+]1(C)CCc2cc(OC)c(OC)cc2C1Cc1ccc(OC)c(OC)c1. The molecule has 0 spiro atoms. The van der Waals surface area contributed by atoms with Crippen molar-refractivity contribution in [1.82, 2.24) is 0 Å². The molecule has 1 unspecified atom stereocenters. The smallest absolute Gasteiger partial charge is 0.311 e. The van der Waals surface area contributed by atoms with Gasteiger partial charge in [0, 0.05) is 24.8 Å². The summed E-state index contributed by atoms with van der Waals surface area (Å²) in [4.78, 5) is 23.9. The Balaban J connectivity index is 1.71. The second-order valence-electron chi connectivity index (χ2n) is 10.6. The van der Waals surface area contributed by atoms with Crippen molar-refractivity contribution in [3.05, 3.63) is 47.0 Å². The summed E-state index contributed by atoms with van der Waals surface area (Å²) < 4.78 is 33.6. The van der Waals surface area contributed by atoms with Crippen LogP contribution < -0.4 is 18.9 Å². The number of carbonyl (C=O) groups excluding carboxylic acids is 2. The lowest BCUT2D eigenvalue weighted by molar-refractivity contribution is -0.940. The summed E-state index contributed by atoms with van der Waals surface area (Å²) in [6, 6.07) is 10.3. The van der Waals surface area contributed by atoms with Crippen molar-refractivity contribution in [3.8, 4) is 23.0 Å². The number of ether oxygens (including phenoxy) is 6. The number of likely N-dealkylation sites (N-methyl/N-ethyl adjacent to an activating group) is 1. The molecule has 0 saturated heterocycles. The number of hydrogen-bond donors (Lipinski definition) is 0. The molecule has 2 aromatic carbocycles. The van der Waals surface area contributed by atoms with Crippen LogP contribution >= 0.6 is 0 Å². The predicted octanol–water partition coefficient (Wildman–Crippen LogP) is 5.06. The van der Waals surface area contributed by atoms with E-state index in [0.717, 1.165) is 50.0 Å². The van der Waals surface area contributed by atoms with E-state index >= 15 is 0 Å². The lowest BCUT2D eigenvalue weighted by Gasteiger charge is -2.46. The monoisotopic (exact) mass is 572 g/mol. The molecule has 1 aliphatic rings. The molecule has 3 rings (SSSR count). The Labute approximate surface area is 244 Å². The van der Waals surface area contributed by atoms with E-state index < -0.39 is 0 Å². The van der Waals surface area contributed by atoms with Crippen molar-refractivity contribution in [2.24, 2.45) is 0 Å². The van der Waals surface area contributed by atoms with Crippen LogP contribution in [0, 0.1) is 0 Å². The molecule has 41 heavy (non-hydrogen) atoms. The zero-order chi connectivity index (χ0) is 29.8. The first-order valence-electron chi connectivity index (χ1n) is 14.4. The highest BCUT2D eigenvalue weighted by Crippen LogP contribution is 2.43. The van der Waals surface area contributed by atoms with Gasteiger partial charge in [0.25, 0.3) is 0 Å². The average molecular weight is 573 g/mol. The van der Waals surface area contributed by atoms with E-state index in [0.29, 0.717) is 54.3 Å². The molecule has 0 amide bonds. The number of quaternary nitrogens is 1. The van der Waals surface area contributed by atoms with Crippen LogP contribution in [0.3, 0.4) is 0 Å². The van der Waals surface area contributed by atoms with Crippen LogP contribution in [0.25, 0.3) is 0 Å². The van der Waals surface area contributed by atoms with Gasteiger partial charge in [-0.1, -0.05) is 13.0 Å². The van der Waals surface area contributed by atoms with Crippen LogP contribution in [0.4, 0.5) is 0 Å². The lowest BCUT2D eigenvalue weighted by atomic mass is 9.86. The van der Waals surface area contributed by atoms with Crippen molar-refractivity contribution in [2.75, 3.05) is 61.8 Å². The fourth-order valence-corrected chi connectivity index (χ4v) is 5.43. The molecule has 1 aliphatic heterocycles. The largest absolute Gasteiger partial charge is 0.493 e. The highest BCUT2D eigenvalue weighted by molar-refractivity contribution is 5.69. The van der Waals surface area contributed by atoms with Crippen LogP contribution in [0.15, 0.2) is 30.3 Å². The van der Waals surface area contributed by atoms with Crippen molar-refractivity contribution in [2.45, 2.75) is 57.9 Å². The average Bonchev–Trinajstić information content (AvgIpc) is 3.00. The van der Waals surface area contributed by atoms with Crippen molar-refractivity contribution in [3.63, 3.8) is 0 Å². The molecule has 9 heteroatoms. The van der Waals surface area contributed by atoms with E-state index in [1.165, 1.54) is 11.1 Å². The van der Waals surface area contributed by atoms with E-state index in [9.17, 15) is 9.59 Å². The summed E-state index contributed by atoms with van der Waals surface area (Å²) in [6.07, 6.45) is 4.69. The number of hydrogen-bond acceptors (Lipinski definition) is 8. The summed E-state index contributed by atoms with van der Waals surface area (Å²) in [6.45, 7) is 4.09. The van der Waals surface area contributed by atoms with Crippen LogP contribution in [-0.4, -0.2) is 78.2 Å². The number of fused-ring (bicyclic) bond motifs is 1. The topological polar surface area (TPSA) is 89.5 Å². The van der Waals surface area contributed by atoms with Gasteiger partial charge in [0.2, 0.25) is 0 Å². The van der Waals surface area contributed by atoms with Crippen LogP contribution in [0.2, 0.25) is 0 Å². The third-order valence-electron chi connectivity index (χ3n) is 7.96. The third-order valence-corrected chi connectivity index (χ3v) is 7.96. The summed E-state index contributed by atoms with van der Waals surface area (Å²) in [7, 11) is 8.79. The van der Waals surface area contributed by atoms with Gasteiger partial charge in [-0.05, 0) is 54.7 Å². The molecule has 0 radical (unpaired) electrons. The molecule has 0 aromatic heterocycles. The van der Waals surface area contributed by atoms with Crippen LogP contribution in [0.1, 0.15) is 61.8 Å². The van der Waals surface area contributed by atoms with Crippen molar-refractivity contribution in [1.29, 1.82) is 0 Å². The maximum Gasteiger partial charge on any atom is 0.311 e. The molecular formula is C32H46NO8+. The number of esters is 2. The third kappa shape index (κ3) is 8.52. The summed E-state index contributed by atoms with van der Waals surface area (Å²) >= 11 is 0. The lowest BCUT2D eigenvalue weighted by Crippen LogP contribution is -2.53. The standard InChI is InChI=1S/C32H46NO8/c1-7-31(34)40-17-9-8-10-18-41-32(35)14-16-33(2)15-13-24-21-29(38-5)30(39-6)22-25(24)26(33)19-23-11-12-27(36-3)28(20-23)37-4/h11-12,20-22,26H,7-10,13-19H2,1-6H3/q+1/t26?,33-/m1/s1. The second-order valence-corrected chi connectivity index (χ2v) is 10.6. The van der Waals surface area contributed by atoms with Gasteiger partial charge < -0.3 is 32.9 Å². The van der Waals surface area contributed by atoms with Gasteiger partial charge >= 0.3 is 11.9 Å². The number of carbonyl (C=O) groups is 2. The highest BCUT2D eigenvalue weighted by atomic mass is 16.5. The Morgan fingerprint density at radius 2 is 1.41 bits per heavy atom.